The molecule has 138 valence electrons. The molecule has 3 amide bonds. The zero-order valence-electron chi connectivity index (χ0n) is 14.6. The molecular weight excluding hydrogens is 346 g/mol. The van der Waals surface area contributed by atoms with E-state index in [2.05, 4.69) is 16.0 Å². The summed E-state index contributed by atoms with van der Waals surface area (Å²) in [6.07, 6.45) is 1.08. The van der Waals surface area contributed by atoms with Crippen LogP contribution in [0.5, 0.6) is 0 Å². The van der Waals surface area contributed by atoms with Crippen molar-refractivity contribution in [2.45, 2.75) is 45.6 Å². The fourth-order valence-electron chi connectivity index (χ4n) is 2.06. The zero-order chi connectivity index (χ0) is 19.0. The number of hydrogen-bond donors (Lipinski definition) is 4. The first-order chi connectivity index (χ1) is 11.6. The van der Waals surface area contributed by atoms with Crippen LogP contribution in [0.2, 0.25) is 5.02 Å². The van der Waals surface area contributed by atoms with Crippen molar-refractivity contribution in [2.24, 2.45) is 0 Å². The summed E-state index contributed by atoms with van der Waals surface area (Å²) in [6, 6.07) is 4.14. The molecule has 0 spiro atoms. The quantitative estimate of drug-likeness (QED) is 0.564. The van der Waals surface area contributed by atoms with Gasteiger partial charge in [0, 0.05) is 24.2 Å². The van der Waals surface area contributed by atoms with Gasteiger partial charge in [-0.3, -0.25) is 9.59 Å². The molecular formula is C17H24ClN3O4. The molecule has 0 saturated heterocycles. The number of carbonyl (C=O) groups excluding carboxylic acids is 2. The first kappa shape index (κ1) is 20.8. The molecule has 0 aromatic heterocycles. The maximum absolute atomic E-state index is 12.1. The standard InChI is InChI=1S/C17H24ClN3O4/c1-4-9-19-15(24)12-6-5-11(10-13(12)18)20-16(25)21-17(2,3)8-7-14(22)23/h5-6,10H,4,7-9H2,1-3H3,(H,19,24)(H,22,23)(H2,20,21,25). The zero-order valence-corrected chi connectivity index (χ0v) is 15.4. The molecule has 1 rings (SSSR count). The normalized spacial score (nSPS) is 10.9. The molecule has 0 aliphatic heterocycles. The summed E-state index contributed by atoms with van der Waals surface area (Å²) in [7, 11) is 0. The van der Waals surface area contributed by atoms with Gasteiger partial charge in [-0.1, -0.05) is 18.5 Å². The molecule has 0 heterocycles. The van der Waals surface area contributed by atoms with Crippen LogP contribution in [0.1, 0.15) is 50.4 Å². The topological polar surface area (TPSA) is 108 Å². The Kier molecular flexibility index (Phi) is 7.70. The molecule has 8 heteroatoms. The summed E-state index contributed by atoms with van der Waals surface area (Å²) in [5.74, 6) is -1.18. The predicted octanol–water partition coefficient (Wildman–Crippen LogP) is 3.24. The predicted molar refractivity (Wildman–Crippen MR) is 97.2 cm³/mol. The molecule has 7 nitrogen and oxygen atoms in total. The minimum atomic E-state index is -0.918. The van der Waals surface area contributed by atoms with Crippen LogP contribution < -0.4 is 16.0 Å². The van der Waals surface area contributed by atoms with Crippen LogP contribution in [-0.2, 0) is 4.79 Å². The number of carboxylic acids is 1. The number of amides is 3. The van der Waals surface area contributed by atoms with Gasteiger partial charge < -0.3 is 21.1 Å². The van der Waals surface area contributed by atoms with Crippen molar-refractivity contribution >= 4 is 35.2 Å². The Bertz CT molecular complexity index is 647. The third kappa shape index (κ3) is 7.43. The second-order valence-electron chi connectivity index (χ2n) is 6.31. The van der Waals surface area contributed by atoms with Gasteiger partial charge in [-0.2, -0.15) is 0 Å². The molecule has 0 aliphatic rings. The number of halogens is 1. The molecule has 1 aromatic rings. The lowest BCUT2D eigenvalue weighted by Crippen LogP contribution is -2.45. The number of rotatable bonds is 8. The molecule has 0 saturated carbocycles. The minimum Gasteiger partial charge on any atom is -0.481 e. The summed E-state index contributed by atoms with van der Waals surface area (Å²) in [5.41, 5.74) is 0.0955. The highest BCUT2D eigenvalue weighted by molar-refractivity contribution is 6.34. The van der Waals surface area contributed by atoms with E-state index in [9.17, 15) is 14.4 Å². The van der Waals surface area contributed by atoms with Crippen molar-refractivity contribution in [1.82, 2.24) is 10.6 Å². The Morgan fingerprint density at radius 3 is 2.48 bits per heavy atom. The fourth-order valence-corrected chi connectivity index (χ4v) is 2.33. The molecule has 4 N–H and O–H groups in total. The SMILES string of the molecule is CCCNC(=O)c1ccc(NC(=O)NC(C)(C)CCC(=O)O)cc1Cl. The molecule has 1 aromatic carbocycles. The highest BCUT2D eigenvalue weighted by Crippen LogP contribution is 2.21. The summed E-state index contributed by atoms with van der Waals surface area (Å²) in [4.78, 5) is 34.6. The van der Waals surface area contributed by atoms with Gasteiger partial charge in [0.2, 0.25) is 0 Å². The van der Waals surface area contributed by atoms with E-state index < -0.39 is 17.5 Å². The van der Waals surface area contributed by atoms with Crippen LogP contribution in [0.4, 0.5) is 10.5 Å². The molecule has 0 aliphatic carbocycles. The molecule has 0 atom stereocenters. The van der Waals surface area contributed by atoms with Crippen molar-refractivity contribution in [3.8, 4) is 0 Å². The van der Waals surface area contributed by atoms with E-state index in [0.717, 1.165) is 6.42 Å². The van der Waals surface area contributed by atoms with E-state index in [0.29, 0.717) is 24.2 Å². The largest absolute Gasteiger partial charge is 0.481 e. The maximum atomic E-state index is 12.1. The lowest BCUT2D eigenvalue weighted by Gasteiger charge is -2.25. The first-order valence-corrected chi connectivity index (χ1v) is 8.41. The molecule has 0 radical (unpaired) electrons. The van der Waals surface area contributed by atoms with E-state index >= 15 is 0 Å². The average molecular weight is 370 g/mol. The van der Waals surface area contributed by atoms with Gasteiger partial charge in [0.05, 0.1) is 10.6 Å². The molecule has 0 fully saturated rings. The number of anilines is 1. The fraction of sp³-hybridized carbons (Fsp3) is 0.471. The minimum absolute atomic E-state index is 0.0410. The lowest BCUT2D eigenvalue weighted by atomic mass is 9.99. The van der Waals surface area contributed by atoms with Crippen LogP contribution in [0.15, 0.2) is 18.2 Å². The van der Waals surface area contributed by atoms with Gasteiger partial charge in [-0.25, -0.2) is 4.79 Å². The van der Waals surface area contributed by atoms with Gasteiger partial charge in [-0.05, 0) is 44.9 Å². The van der Waals surface area contributed by atoms with Crippen molar-refractivity contribution in [3.05, 3.63) is 28.8 Å². The number of hydrogen-bond acceptors (Lipinski definition) is 3. The number of benzene rings is 1. The molecule has 25 heavy (non-hydrogen) atoms. The third-order valence-electron chi connectivity index (χ3n) is 3.42. The second kappa shape index (κ2) is 9.27. The van der Waals surface area contributed by atoms with E-state index in [1.165, 1.54) is 6.07 Å². The smallest absolute Gasteiger partial charge is 0.319 e. The average Bonchev–Trinajstić information content (AvgIpc) is 2.50. The Hall–Kier alpha value is -2.28. The van der Waals surface area contributed by atoms with E-state index in [1.807, 2.05) is 6.92 Å². The van der Waals surface area contributed by atoms with Crippen molar-refractivity contribution in [2.75, 3.05) is 11.9 Å². The van der Waals surface area contributed by atoms with Crippen LogP contribution >= 0.6 is 11.6 Å². The lowest BCUT2D eigenvalue weighted by molar-refractivity contribution is -0.137. The van der Waals surface area contributed by atoms with Crippen LogP contribution in [-0.4, -0.2) is 35.1 Å². The van der Waals surface area contributed by atoms with Crippen LogP contribution in [0.25, 0.3) is 0 Å². The monoisotopic (exact) mass is 369 g/mol. The Morgan fingerprint density at radius 2 is 1.92 bits per heavy atom. The van der Waals surface area contributed by atoms with Gasteiger partial charge in [0.15, 0.2) is 0 Å². The number of carboxylic acid groups (broad SMARTS) is 1. The Labute approximate surface area is 152 Å². The van der Waals surface area contributed by atoms with Crippen LogP contribution in [0, 0.1) is 0 Å². The number of aliphatic carboxylic acids is 1. The van der Waals surface area contributed by atoms with E-state index in [1.54, 1.807) is 26.0 Å². The van der Waals surface area contributed by atoms with Crippen LogP contribution in [0.3, 0.4) is 0 Å². The molecule has 0 unspecified atom stereocenters. The van der Waals surface area contributed by atoms with E-state index in [-0.39, 0.29) is 17.4 Å². The highest BCUT2D eigenvalue weighted by atomic mass is 35.5. The summed E-state index contributed by atoms with van der Waals surface area (Å²) < 4.78 is 0. The molecule has 0 bridgehead atoms. The van der Waals surface area contributed by atoms with Crippen molar-refractivity contribution in [1.29, 1.82) is 0 Å². The van der Waals surface area contributed by atoms with Crippen molar-refractivity contribution in [3.63, 3.8) is 0 Å². The van der Waals surface area contributed by atoms with Gasteiger partial charge >= 0.3 is 12.0 Å². The van der Waals surface area contributed by atoms with Gasteiger partial charge in [0.25, 0.3) is 5.91 Å². The summed E-state index contributed by atoms with van der Waals surface area (Å²) >= 11 is 6.11. The Morgan fingerprint density at radius 1 is 1.24 bits per heavy atom. The summed E-state index contributed by atoms with van der Waals surface area (Å²) in [5, 5.41) is 17.0. The van der Waals surface area contributed by atoms with Gasteiger partial charge in [0.1, 0.15) is 0 Å². The van der Waals surface area contributed by atoms with Crippen molar-refractivity contribution < 1.29 is 19.5 Å². The maximum Gasteiger partial charge on any atom is 0.319 e. The van der Waals surface area contributed by atoms with E-state index in [4.69, 9.17) is 16.7 Å². The Balaban J connectivity index is 2.67. The third-order valence-corrected chi connectivity index (χ3v) is 3.74. The second-order valence-corrected chi connectivity index (χ2v) is 6.71. The number of carbonyl (C=O) groups is 3. The summed E-state index contributed by atoms with van der Waals surface area (Å²) in [6.45, 7) is 5.99. The first-order valence-electron chi connectivity index (χ1n) is 8.03. The van der Waals surface area contributed by atoms with Gasteiger partial charge in [-0.15, -0.1) is 0 Å². The number of nitrogens with one attached hydrogen (secondary N) is 3. The number of urea groups is 1. The highest BCUT2D eigenvalue weighted by Gasteiger charge is 2.21.